The number of carbonyl (C=O) groups is 1. The lowest BCUT2D eigenvalue weighted by Crippen LogP contribution is -2.44. The molecular formula is C13H16N4O. The average molecular weight is 244 g/mol. The number of rotatable bonds is 2. The van der Waals surface area contributed by atoms with Gasteiger partial charge in [-0.3, -0.25) is 4.98 Å². The minimum absolute atomic E-state index is 0.0203. The molecule has 1 aliphatic rings. The highest BCUT2D eigenvalue weighted by Crippen LogP contribution is 2.31. The first-order valence-electron chi connectivity index (χ1n) is 5.83. The molecule has 5 heteroatoms. The lowest BCUT2D eigenvalue weighted by Gasteiger charge is -2.27. The van der Waals surface area contributed by atoms with Crippen LogP contribution in [0.25, 0.3) is 0 Å². The molecule has 1 aromatic heterocycles. The van der Waals surface area contributed by atoms with Gasteiger partial charge in [-0.15, -0.1) is 0 Å². The Bertz CT molecular complexity index is 491. The summed E-state index contributed by atoms with van der Waals surface area (Å²) in [6, 6.07) is 5.84. The molecule has 0 aliphatic carbocycles. The van der Waals surface area contributed by atoms with Crippen molar-refractivity contribution in [3.05, 3.63) is 30.1 Å². The number of pyridine rings is 1. The first-order valence-corrected chi connectivity index (χ1v) is 5.83. The van der Waals surface area contributed by atoms with Crippen LogP contribution in [0, 0.1) is 11.3 Å². The number of nitriles is 1. The molecule has 0 saturated carbocycles. The largest absolute Gasteiger partial charge is 0.321 e. The van der Waals surface area contributed by atoms with Gasteiger partial charge < -0.3 is 9.80 Å². The maximum absolute atomic E-state index is 12.2. The molecule has 18 heavy (non-hydrogen) atoms. The van der Waals surface area contributed by atoms with E-state index in [2.05, 4.69) is 11.1 Å². The van der Waals surface area contributed by atoms with Crippen molar-refractivity contribution in [2.45, 2.75) is 25.4 Å². The predicted octanol–water partition coefficient (Wildman–Crippen LogP) is 1.79. The molecule has 0 aromatic carbocycles. The summed E-state index contributed by atoms with van der Waals surface area (Å²) < 4.78 is 0. The number of likely N-dealkylation sites (N-methyl/N-ethyl adjacent to an activating group) is 1. The molecule has 0 N–H and O–H groups in total. The number of carbonyl (C=O) groups excluding carboxylic acids is 1. The lowest BCUT2D eigenvalue weighted by molar-refractivity contribution is 0.172. The van der Waals surface area contributed by atoms with E-state index >= 15 is 0 Å². The van der Waals surface area contributed by atoms with Gasteiger partial charge in [0.15, 0.2) is 0 Å². The quantitative estimate of drug-likeness (QED) is 0.796. The molecule has 1 aromatic rings. The summed E-state index contributed by atoms with van der Waals surface area (Å²) in [6.07, 6.45) is 3.43. The van der Waals surface area contributed by atoms with Crippen LogP contribution in [-0.4, -0.2) is 39.9 Å². The monoisotopic (exact) mass is 244 g/mol. The summed E-state index contributed by atoms with van der Waals surface area (Å²) in [5.41, 5.74) is 0.254. The van der Waals surface area contributed by atoms with Gasteiger partial charge in [0.05, 0.1) is 12.1 Å². The van der Waals surface area contributed by atoms with Gasteiger partial charge >= 0.3 is 6.03 Å². The van der Waals surface area contributed by atoms with Gasteiger partial charge in [-0.1, -0.05) is 0 Å². The van der Waals surface area contributed by atoms with Crippen LogP contribution in [0.4, 0.5) is 4.79 Å². The second-order valence-corrected chi connectivity index (χ2v) is 4.97. The smallest absolute Gasteiger partial charge is 0.319 e. The van der Waals surface area contributed by atoms with Crippen LogP contribution in [0.15, 0.2) is 24.5 Å². The Balaban J connectivity index is 2.29. The molecule has 0 radical (unpaired) electrons. The molecule has 1 fully saturated rings. The van der Waals surface area contributed by atoms with E-state index in [0.29, 0.717) is 6.54 Å². The minimum Gasteiger partial charge on any atom is -0.319 e. The van der Waals surface area contributed by atoms with Crippen LogP contribution >= 0.6 is 0 Å². The Morgan fingerprint density at radius 3 is 2.61 bits per heavy atom. The maximum Gasteiger partial charge on any atom is 0.321 e. The van der Waals surface area contributed by atoms with Gasteiger partial charge in [0.25, 0.3) is 0 Å². The van der Waals surface area contributed by atoms with Crippen molar-refractivity contribution in [2.75, 3.05) is 13.6 Å². The van der Waals surface area contributed by atoms with Crippen molar-refractivity contribution in [1.82, 2.24) is 14.8 Å². The van der Waals surface area contributed by atoms with E-state index < -0.39 is 5.54 Å². The van der Waals surface area contributed by atoms with Gasteiger partial charge in [0.1, 0.15) is 5.54 Å². The van der Waals surface area contributed by atoms with Gasteiger partial charge in [-0.2, -0.15) is 5.26 Å². The van der Waals surface area contributed by atoms with E-state index in [9.17, 15) is 4.79 Å². The van der Waals surface area contributed by atoms with Crippen LogP contribution < -0.4 is 0 Å². The zero-order valence-corrected chi connectivity index (χ0v) is 10.8. The number of nitrogens with zero attached hydrogens (tertiary/aromatic N) is 4. The number of hydrogen-bond donors (Lipinski definition) is 0. The Morgan fingerprint density at radius 1 is 1.44 bits per heavy atom. The third kappa shape index (κ3) is 1.90. The zero-order valence-electron chi connectivity index (χ0n) is 10.8. The van der Waals surface area contributed by atoms with Crippen molar-refractivity contribution < 1.29 is 4.79 Å². The first kappa shape index (κ1) is 12.4. The van der Waals surface area contributed by atoms with Crippen molar-refractivity contribution in [2.24, 2.45) is 0 Å². The lowest BCUT2D eigenvalue weighted by atomic mass is 10.0. The molecule has 2 amide bonds. The number of amides is 2. The Hall–Kier alpha value is -2.09. The average Bonchev–Trinajstić information content (AvgIpc) is 2.68. The number of urea groups is 1. The van der Waals surface area contributed by atoms with E-state index in [1.807, 2.05) is 12.1 Å². The molecular weight excluding hydrogens is 228 g/mol. The summed E-state index contributed by atoms with van der Waals surface area (Å²) in [7, 11) is 1.76. The molecule has 1 saturated heterocycles. The second kappa shape index (κ2) is 4.30. The minimum atomic E-state index is -0.785. The van der Waals surface area contributed by atoms with Gasteiger partial charge in [-0.25, -0.2) is 4.79 Å². The van der Waals surface area contributed by atoms with Crippen molar-refractivity contribution in [3.8, 4) is 6.07 Å². The highest BCUT2D eigenvalue weighted by Gasteiger charge is 2.42. The summed E-state index contributed by atoms with van der Waals surface area (Å²) in [4.78, 5) is 19.4. The van der Waals surface area contributed by atoms with E-state index in [4.69, 9.17) is 5.26 Å². The molecule has 5 nitrogen and oxygen atoms in total. The molecule has 0 bridgehead atoms. The summed E-state index contributed by atoms with van der Waals surface area (Å²) in [6.45, 7) is 4.04. The van der Waals surface area contributed by atoms with E-state index in [0.717, 1.165) is 5.56 Å². The standard InChI is InChI=1S/C13H16N4O/c1-13(2,9-14)17-8-11(16(3)12(17)18)10-4-6-15-7-5-10/h4-7,11H,8H2,1-3H3. The Morgan fingerprint density at radius 2 is 2.06 bits per heavy atom. The van der Waals surface area contributed by atoms with E-state index in [-0.39, 0.29) is 12.1 Å². The van der Waals surface area contributed by atoms with E-state index in [1.165, 1.54) is 0 Å². The third-order valence-corrected chi connectivity index (χ3v) is 3.39. The molecule has 1 aliphatic heterocycles. The fourth-order valence-corrected chi connectivity index (χ4v) is 2.14. The second-order valence-electron chi connectivity index (χ2n) is 4.97. The Labute approximate surface area is 107 Å². The Kier molecular flexibility index (Phi) is 2.95. The summed E-state index contributed by atoms with van der Waals surface area (Å²) in [5, 5.41) is 9.14. The van der Waals surface area contributed by atoms with Crippen LogP contribution in [0.3, 0.4) is 0 Å². The normalized spacial score (nSPS) is 20.1. The SMILES string of the molecule is CN1C(=O)N(C(C)(C)C#N)CC1c1ccncc1. The van der Waals surface area contributed by atoms with Crippen LogP contribution in [0.2, 0.25) is 0 Å². The highest BCUT2D eigenvalue weighted by molar-refractivity contribution is 5.78. The topological polar surface area (TPSA) is 60.2 Å². The number of aromatic nitrogens is 1. The van der Waals surface area contributed by atoms with E-state index in [1.54, 1.807) is 43.1 Å². The highest BCUT2D eigenvalue weighted by atomic mass is 16.2. The molecule has 1 unspecified atom stereocenters. The van der Waals surface area contributed by atoms with Gasteiger partial charge in [-0.05, 0) is 31.5 Å². The van der Waals surface area contributed by atoms with Crippen LogP contribution in [-0.2, 0) is 0 Å². The van der Waals surface area contributed by atoms with Gasteiger partial charge in [0, 0.05) is 26.0 Å². The van der Waals surface area contributed by atoms with Crippen LogP contribution in [0.1, 0.15) is 25.5 Å². The van der Waals surface area contributed by atoms with Crippen molar-refractivity contribution in [3.63, 3.8) is 0 Å². The predicted molar refractivity (Wildman–Crippen MR) is 66.5 cm³/mol. The first-order chi connectivity index (χ1) is 8.47. The molecule has 2 rings (SSSR count). The summed E-state index contributed by atoms with van der Waals surface area (Å²) in [5.74, 6) is 0. The molecule has 2 heterocycles. The molecule has 94 valence electrons. The van der Waals surface area contributed by atoms with Crippen molar-refractivity contribution >= 4 is 6.03 Å². The fourth-order valence-electron chi connectivity index (χ4n) is 2.14. The van der Waals surface area contributed by atoms with Crippen molar-refractivity contribution in [1.29, 1.82) is 5.26 Å². The third-order valence-electron chi connectivity index (χ3n) is 3.39. The zero-order chi connectivity index (χ0) is 13.3. The number of hydrogen-bond acceptors (Lipinski definition) is 3. The summed E-state index contributed by atoms with van der Waals surface area (Å²) >= 11 is 0. The molecule has 0 spiro atoms. The van der Waals surface area contributed by atoms with Gasteiger partial charge in [0.2, 0.25) is 0 Å². The van der Waals surface area contributed by atoms with Crippen LogP contribution in [0.5, 0.6) is 0 Å². The molecule has 1 atom stereocenters. The maximum atomic E-state index is 12.2. The fraction of sp³-hybridized carbons (Fsp3) is 0.462.